The van der Waals surface area contributed by atoms with Crippen LogP contribution in [0.4, 0.5) is 0 Å². The Morgan fingerprint density at radius 3 is 1.78 bits per heavy atom. The maximum atomic E-state index is 13.6. The number of carbonyl (C=O) groups excluding carboxylic acids is 1. The highest BCUT2D eigenvalue weighted by molar-refractivity contribution is 6.07. The molecule has 3 nitrogen and oxygen atoms in total. The van der Waals surface area contributed by atoms with Gasteiger partial charge in [-0.15, -0.1) is 0 Å². The second kappa shape index (κ2) is 7.22. The van der Waals surface area contributed by atoms with Crippen LogP contribution in [0.3, 0.4) is 0 Å². The summed E-state index contributed by atoms with van der Waals surface area (Å²) in [4.78, 5) is 25.3. The number of rotatable bonds is 2. The molecule has 0 N–H and O–H groups in total. The first-order chi connectivity index (χ1) is 11.8. The average molecular weight is 375 g/mol. The number of ketones is 1. The predicted octanol–water partition coefficient (Wildman–Crippen LogP) is 6.05. The summed E-state index contributed by atoms with van der Waals surface area (Å²) in [5.74, 6) is 6.46. The van der Waals surface area contributed by atoms with E-state index in [4.69, 9.17) is 9.78 Å². The van der Waals surface area contributed by atoms with Crippen molar-refractivity contribution in [2.75, 3.05) is 0 Å². The number of hydrogen-bond donors (Lipinski definition) is 0. The minimum Gasteiger partial charge on any atom is -0.291 e. The Hall–Kier alpha value is -1.37. The summed E-state index contributed by atoms with van der Waals surface area (Å²) in [6, 6.07) is 0. The van der Waals surface area contributed by atoms with Crippen molar-refractivity contribution in [3.63, 3.8) is 0 Å². The number of allylic oxidation sites excluding steroid dienone is 2. The van der Waals surface area contributed by atoms with Gasteiger partial charge in [0.2, 0.25) is 0 Å². The molecule has 3 heteroatoms. The normalized spacial score (nSPS) is 22.0. The Kier molecular flexibility index (Phi) is 6.33. The van der Waals surface area contributed by atoms with Crippen LogP contribution in [0.25, 0.3) is 0 Å². The Morgan fingerprint density at radius 2 is 1.41 bits per heavy atom. The van der Waals surface area contributed by atoms with E-state index < -0.39 is 16.6 Å². The maximum Gasteiger partial charge on any atom is 0.199 e. The molecule has 1 atom stereocenters. The van der Waals surface area contributed by atoms with Gasteiger partial charge >= 0.3 is 0 Å². The molecule has 0 saturated carbocycles. The zero-order valence-corrected chi connectivity index (χ0v) is 19.4. The molecule has 1 rings (SSSR count). The molecule has 0 aromatic carbocycles. The number of carbonyl (C=O) groups is 1. The summed E-state index contributed by atoms with van der Waals surface area (Å²) in [6.07, 6.45) is 3.75. The molecular weight excluding hydrogens is 336 g/mol. The Balaban J connectivity index is 3.67. The lowest BCUT2D eigenvalue weighted by Gasteiger charge is -2.44. The van der Waals surface area contributed by atoms with E-state index in [1.807, 2.05) is 74.5 Å². The smallest absolute Gasteiger partial charge is 0.199 e. The number of Topliss-reactive ketones (excluding diaryl/α,β-unsaturated/α-hetero) is 1. The molecule has 0 spiro atoms. The van der Waals surface area contributed by atoms with Crippen molar-refractivity contribution >= 4 is 5.78 Å². The van der Waals surface area contributed by atoms with Gasteiger partial charge in [0.25, 0.3) is 0 Å². The fourth-order valence-electron chi connectivity index (χ4n) is 2.57. The third kappa shape index (κ3) is 6.06. The van der Waals surface area contributed by atoms with E-state index >= 15 is 0 Å². The lowest BCUT2D eigenvalue weighted by atomic mass is 9.65. The molecule has 0 aromatic heterocycles. The molecule has 1 unspecified atom stereocenters. The van der Waals surface area contributed by atoms with E-state index in [9.17, 15) is 4.79 Å². The molecule has 0 fully saturated rings. The zero-order valence-electron chi connectivity index (χ0n) is 19.4. The van der Waals surface area contributed by atoms with Gasteiger partial charge in [-0.25, -0.2) is 9.78 Å². The van der Waals surface area contributed by atoms with Crippen molar-refractivity contribution in [2.24, 2.45) is 16.2 Å². The van der Waals surface area contributed by atoms with Crippen molar-refractivity contribution in [3.8, 4) is 11.8 Å². The first-order valence-electron chi connectivity index (χ1n) is 9.68. The molecule has 0 heterocycles. The lowest BCUT2D eigenvalue weighted by molar-refractivity contribution is -0.397. The van der Waals surface area contributed by atoms with Crippen LogP contribution in [0, 0.1) is 28.1 Å². The Morgan fingerprint density at radius 1 is 0.889 bits per heavy atom. The molecule has 27 heavy (non-hydrogen) atoms. The largest absolute Gasteiger partial charge is 0.291 e. The second-order valence-corrected chi connectivity index (χ2v) is 11.5. The summed E-state index contributed by atoms with van der Waals surface area (Å²) in [7, 11) is 0. The van der Waals surface area contributed by atoms with Gasteiger partial charge in [-0.2, -0.15) is 0 Å². The van der Waals surface area contributed by atoms with Crippen LogP contribution in [0.5, 0.6) is 0 Å². The second-order valence-electron chi connectivity index (χ2n) is 11.5. The average Bonchev–Trinajstić information content (AvgIpc) is 2.40. The van der Waals surface area contributed by atoms with Gasteiger partial charge in [-0.3, -0.25) is 4.79 Å². The lowest BCUT2D eigenvalue weighted by Crippen LogP contribution is -2.54. The summed E-state index contributed by atoms with van der Waals surface area (Å²) in [5, 5.41) is 0. The molecule has 0 aliphatic heterocycles. The highest BCUT2D eigenvalue weighted by Gasteiger charge is 2.54. The fourth-order valence-corrected chi connectivity index (χ4v) is 2.57. The fraction of sp³-hybridized carbons (Fsp3) is 0.708. The SMILES string of the molecule is CC(C)(C)C#CC1=CC(OOC(C)(C)C)(C(C)(C)C)C(=O)C(C(C)(C)C)=C1. The van der Waals surface area contributed by atoms with E-state index in [1.54, 1.807) is 0 Å². The monoisotopic (exact) mass is 374 g/mol. The van der Waals surface area contributed by atoms with Crippen LogP contribution < -0.4 is 0 Å². The minimum absolute atomic E-state index is 0.0620. The van der Waals surface area contributed by atoms with E-state index in [1.165, 1.54) is 0 Å². The van der Waals surface area contributed by atoms with Gasteiger partial charge in [0.1, 0.15) is 0 Å². The van der Waals surface area contributed by atoms with Crippen molar-refractivity contribution in [1.29, 1.82) is 0 Å². The van der Waals surface area contributed by atoms with Crippen LogP contribution in [0.15, 0.2) is 23.3 Å². The quantitative estimate of drug-likeness (QED) is 0.335. The molecule has 1 aliphatic carbocycles. The number of hydrogen-bond acceptors (Lipinski definition) is 3. The summed E-state index contributed by atoms with van der Waals surface area (Å²) in [5.41, 5.74) is -1.26. The van der Waals surface area contributed by atoms with E-state index in [0.717, 1.165) is 5.57 Å². The molecule has 0 bridgehead atoms. The third-order valence-electron chi connectivity index (χ3n) is 4.17. The van der Waals surface area contributed by atoms with Crippen molar-refractivity contribution in [3.05, 3.63) is 23.3 Å². The highest BCUT2D eigenvalue weighted by atomic mass is 17.2. The molecule has 152 valence electrons. The topological polar surface area (TPSA) is 35.5 Å². The van der Waals surface area contributed by atoms with Gasteiger partial charge in [0.15, 0.2) is 11.4 Å². The van der Waals surface area contributed by atoms with Gasteiger partial charge < -0.3 is 0 Å². The molecule has 0 saturated heterocycles. The van der Waals surface area contributed by atoms with Crippen LogP contribution in [0.2, 0.25) is 0 Å². The molecular formula is C24H38O3. The summed E-state index contributed by atoms with van der Waals surface area (Å²) >= 11 is 0. The van der Waals surface area contributed by atoms with E-state index in [-0.39, 0.29) is 16.6 Å². The molecule has 0 amide bonds. The maximum absolute atomic E-state index is 13.6. The van der Waals surface area contributed by atoms with Crippen molar-refractivity contribution in [1.82, 2.24) is 0 Å². The first-order valence-corrected chi connectivity index (χ1v) is 9.68. The summed E-state index contributed by atoms with van der Waals surface area (Å²) < 4.78 is 0. The zero-order chi connectivity index (χ0) is 21.5. The van der Waals surface area contributed by atoms with Gasteiger partial charge in [0.05, 0.1) is 5.60 Å². The Bertz CT molecular complexity index is 698. The summed E-state index contributed by atoms with van der Waals surface area (Å²) in [6.45, 7) is 24.0. The van der Waals surface area contributed by atoms with Crippen LogP contribution in [-0.2, 0) is 14.6 Å². The van der Waals surface area contributed by atoms with E-state index in [0.29, 0.717) is 5.57 Å². The van der Waals surface area contributed by atoms with Crippen LogP contribution >= 0.6 is 0 Å². The van der Waals surface area contributed by atoms with Crippen LogP contribution in [-0.4, -0.2) is 17.0 Å². The predicted molar refractivity (Wildman–Crippen MR) is 112 cm³/mol. The van der Waals surface area contributed by atoms with Crippen molar-refractivity contribution in [2.45, 2.75) is 94.3 Å². The van der Waals surface area contributed by atoms with Gasteiger partial charge in [-0.05, 0) is 59.1 Å². The molecule has 0 radical (unpaired) electrons. The molecule has 1 aliphatic rings. The van der Waals surface area contributed by atoms with Crippen molar-refractivity contribution < 1.29 is 14.6 Å². The minimum atomic E-state index is -1.24. The Labute approximate surface area is 166 Å². The third-order valence-corrected chi connectivity index (χ3v) is 4.17. The van der Waals surface area contributed by atoms with Gasteiger partial charge in [-0.1, -0.05) is 53.4 Å². The standard InChI is InChI=1S/C24H38O3/c1-20(2,3)14-13-17-15-18(21(4,5)6)19(25)24(16-17,22(7,8)9)27-26-23(10,11)12/h15-16H,1-12H3. The van der Waals surface area contributed by atoms with E-state index in [2.05, 4.69) is 32.6 Å². The van der Waals surface area contributed by atoms with Crippen LogP contribution in [0.1, 0.15) is 83.1 Å². The first kappa shape index (κ1) is 23.7. The van der Waals surface area contributed by atoms with Gasteiger partial charge in [0, 0.05) is 22.0 Å². The molecule has 0 aromatic rings. The highest BCUT2D eigenvalue weighted by Crippen LogP contribution is 2.45.